The zero-order chi connectivity index (χ0) is 20.4. The summed E-state index contributed by atoms with van der Waals surface area (Å²) in [6.45, 7) is 2.26. The van der Waals surface area contributed by atoms with Crippen molar-refractivity contribution in [3.8, 4) is 0 Å². The van der Waals surface area contributed by atoms with Crippen molar-refractivity contribution >= 4 is 61.9 Å². The highest BCUT2D eigenvalue weighted by Crippen LogP contribution is 2.35. The second-order valence-electron chi connectivity index (χ2n) is 6.23. The average molecular weight is 425 g/mol. The van der Waals surface area contributed by atoms with Gasteiger partial charge in [0.05, 0.1) is 15.9 Å². The number of anilines is 1. The van der Waals surface area contributed by atoms with Gasteiger partial charge in [0.1, 0.15) is 0 Å². The molecule has 0 fully saturated rings. The third kappa shape index (κ3) is 3.74. The minimum Gasteiger partial charge on any atom is -0.277 e. The second-order valence-corrected chi connectivity index (χ2v) is 7.69. The van der Waals surface area contributed by atoms with Crippen LogP contribution in [0.25, 0.3) is 27.1 Å². The number of halogens is 1. The fraction of sp³-hybridized carbons (Fsp3) is 0.0952. The van der Waals surface area contributed by atoms with Gasteiger partial charge in [-0.2, -0.15) is 0 Å². The lowest BCUT2D eigenvalue weighted by molar-refractivity contribution is -0.116. The molecule has 2 heterocycles. The first-order valence-electron chi connectivity index (χ1n) is 8.99. The Morgan fingerprint density at radius 2 is 1.90 bits per heavy atom. The molecule has 0 aliphatic heterocycles. The van der Waals surface area contributed by atoms with Crippen LogP contribution in [0.5, 0.6) is 0 Å². The van der Waals surface area contributed by atoms with Crippen molar-refractivity contribution in [3.63, 3.8) is 0 Å². The van der Waals surface area contributed by atoms with Gasteiger partial charge in [0.15, 0.2) is 0 Å². The maximum Gasteiger partial charge on any atom is 0.262 e. The van der Waals surface area contributed by atoms with Gasteiger partial charge in [-0.25, -0.2) is 4.98 Å². The van der Waals surface area contributed by atoms with E-state index >= 15 is 0 Å². The number of carbonyl (C=O) groups is 1. The number of hydrogen-bond donors (Lipinski definition) is 2. The van der Waals surface area contributed by atoms with Crippen LogP contribution in [0, 0.1) is 0 Å². The van der Waals surface area contributed by atoms with Crippen molar-refractivity contribution in [3.05, 3.63) is 74.9 Å². The van der Waals surface area contributed by atoms with Crippen molar-refractivity contribution < 1.29 is 4.79 Å². The van der Waals surface area contributed by atoms with Gasteiger partial charge in [0.2, 0.25) is 5.95 Å². The Morgan fingerprint density at radius 3 is 2.66 bits per heavy atom. The van der Waals surface area contributed by atoms with E-state index in [4.69, 9.17) is 11.6 Å². The van der Waals surface area contributed by atoms with Crippen LogP contribution in [-0.4, -0.2) is 15.5 Å². The number of nitrogens with one attached hydrogen (secondary N) is 2. The highest BCUT2D eigenvalue weighted by molar-refractivity contribution is 7.20. The molecule has 8 heteroatoms. The highest BCUT2D eigenvalue weighted by Gasteiger charge is 2.10. The highest BCUT2D eigenvalue weighted by atomic mass is 35.5. The Morgan fingerprint density at radius 1 is 1.17 bits per heavy atom. The van der Waals surface area contributed by atoms with Crippen LogP contribution < -0.4 is 16.4 Å². The Labute approximate surface area is 175 Å². The summed E-state index contributed by atoms with van der Waals surface area (Å²) in [7, 11) is 0. The molecule has 1 amide bonds. The molecular formula is C21H17ClN4O2S. The van der Waals surface area contributed by atoms with Crippen molar-refractivity contribution in [2.75, 3.05) is 5.43 Å². The quantitative estimate of drug-likeness (QED) is 0.367. The lowest BCUT2D eigenvalue weighted by Crippen LogP contribution is -2.33. The van der Waals surface area contributed by atoms with Crippen LogP contribution in [0.3, 0.4) is 0 Å². The third-order valence-electron chi connectivity index (χ3n) is 4.42. The minimum absolute atomic E-state index is 0.164. The molecule has 2 N–H and O–H groups in total. The maximum absolute atomic E-state index is 12.6. The summed E-state index contributed by atoms with van der Waals surface area (Å²) >= 11 is 7.90. The molecule has 146 valence electrons. The monoisotopic (exact) mass is 424 g/mol. The van der Waals surface area contributed by atoms with Crippen LogP contribution in [0.15, 0.2) is 59.4 Å². The summed E-state index contributed by atoms with van der Waals surface area (Å²) in [5.41, 5.74) is 5.70. The summed E-state index contributed by atoms with van der Waals surface area (Å²) in [6, 6.07) is 14.9. The number of nitrogens with zero attached hydrogens (tertiary/aromatic N) is 2. The molecule has 0 aliphatic rings. The molecule has 2 aromatic carbocycles. The van der Waals surface area contributed by atoms with Crippen LogP contribution in [-0.2, 0) is 11.3 Å². The molecule has 4 rings (SSSR count). The van der Waals surface area contributed by atoms with Crippen LogP contribution in [0.1, 0.15) is 11.8 Å². The number of rotatable bonds is 5. The van der Waals surface area contributed by atoms with Crippen molar-refractivity contribution in [1.82, 2.24) is 15.0 Å². The van der Waals surface area contributed by atoms with Crippen molar-refractivity contribution in [2.45, 2.75) is 13.5 Å². The molecule has 0 aliphatic carbocycles. The molecule has 2 aromatic heterocycles. The van der Waals surface area contributed by atoms with Crippen LogP contribution in [0.4, 0.5) is 5.95 Å². The van der Waals surface area contributed by atoms with E-state index in [9.17, 15) is 9.59 Å². The van der Waals surface area contributed by atoms with E-state index in [1.54, 1.807) is 24.3 Å². The van der Waals surface area contributed by atoms with E-state index in [2.05, 4.69) is 15.8 Å². The first-order valence-corrected chi connectivity index (χ1v) is 10.2. The number of thiophene rings is 1. The van der Waals surface area contributed by atoms with E-state index in [1.807, 2.05) is 37.3 Å². The molecule has 4 aromatic rings. The number of hydrazine groups is 1. The van der Waals surface area contributed by atoms with Gasteiger partial charge in [-0.1, -0.05) is 41.9 Å². The minimum atomic E-state index is -0.386. The standard InChI is InChI=1S/C21H17ClN4O2S/c1-2-26-20(28)13-7-3-5-9-15(13)23-21(26)25-24-18(27)12-11-17-19(22)14-8-4-6-10-16(14)29-17/h3-12H,2H2,1H3,(H,23,25)(H,24,27)/b12-11+. The van der Waals surface area contributed by atoms with E-state index in [1.165, 1.54) is 22.0 Å². The van der Waals surface area contributed by atoms with E-state index in [-0.39, 0.29) is 17.4 Å². The molecular weight excluding hydrogens is 408 g/mol. The average Bonchev–Trinajstić information content (AvgIpc) is 3.07. The number of para-hydroxylation sites is 1. The normalized spacial score (nSPS) is 11.4. The summed E-state index contributed by atoms with van der Waals surface area (Å²) < 4.78 is 2.53. The number of aromatic nitrogens is 2. The van der Waals surface area contributed by atoms with Gasteiger partial charge in [-0.05, 0) is 31.2 Å². The topological polar surface area (TPSA) is 76.0 Å². The van der Waals surface area contributed by atoms with Gasteiger partial charge in [0, 0.05) is 27.6 Å². The number of benzene rings is 2. The number of hydrogen-bond acceptors (Lipinski definition) is 5. The van der Waals surface area contributed by atoms with Gasteiger partial charge >= 0.3 is 0 Å². The van der Waals surface area contributed by atoms with Gasteiger partial charge in [0.25, 0.3) is 11.5 Å². The molecule has 0 radical (unpaired) electrons. The van der Waals surface area contributed by atoms with E-state index in [0.29, 0.717) is 22.5 Å². The second kappa shape index (κ2) is 8.06. The maximum atomic E-state index is 12.6. The Hall–Kier alpha value is -3.16. The largest absolute Gasteiger partial charge is 0.277 e. The zero-order valence-electron chi connectivity index (χ0n) is 15.5. The lowest BCUT2D eigenvalue weighted by Gasteiger charge is -2.13. The first kappa shape index (κ1) is 19.2. The summed E-state index contributed by atoms with van der Waals surface area (Å²) in [4.78, 5) is 30.1. The predicted octanol–water partition coefficient (Wildman–Crippen LogP) is 4.44. The predicted molar refractivity (Wildman–Crippen MR) is 119 cm³/mol. The lowest BCUT2D eigenvalue weighted by atomic mass is 10.2. The molecule has 29 heavy (non-hydrogen) atoms. The van der Waals surface area contributed by atoms with Crippen molar-refractivity contribution in [1.29, 1.82) is 0 Å². The fourth-order valence-electron chi connectivity index (χ4n) is 3.01. The molecule has 0 unspecified atom stereocenters. The molecule has 6 nitrogen and oxygen atoms in total. The van der Waals surface area contributed by atoms with Gasteiger partial charge < -0.3 is 0 Å². The van der Waals surface area contributed by atoms with Crippen LogP contribution >= 0.6 is 22.9 Å². The Balaban J connectivity index is 1.53. The molecule has 0 spiro atoms. The number of fused-ring (bicyclic) bond motifs is 2. The first-order chi connectivity index (χ1) is 14.1. The van der Waals surface area contributed by atoms with E-state index < -0.39 is 0 Å². The molecule has 0 atom stereocenters. The zero-order valence-corrected chi connectivity index (χ0v) is 17.1. The number of amides is 1. The van der Waals surface area contributed by atoms with Gasteiger partial charge in [-0.15, -0.1) is 11.3 Å². The van der Waals surface area contributed by atoms with E-state index in [0.717, 1.165) is 15.0 Å². The fourth-order valence-corrected chi connectivity index (χ4v) is 4.41. The Bertz CT molecular complexity index is 1310. The third-order valence-corrected chi connectivity index (χ3v) is 6.08. The smallest absolute Gasteiger partial charge is 0.262 e. The van der Waals surface area contributed by atoms with Gasteiger partial charge in [-0.3, -0.25) is 25.0 Å². The van der Waals surface area contributed by atoms with Crippen LogP contribution in [0.2, 0.25) is 5.02 Å². The summed E-state index contributed by atoms with van der Waals surface area (Å²) in [5.74, 6) is -0.110. The SMILES string of the molecule is CCn1c(NNC(=O)/C=C/c2sc3ccccc3c2Cl)nc2ccccc2c1=O. The number of carbonyl (C=O) groups excluding carboxylic acids is 1. The molecule has 0 saturated carbocycles. The summed E-state index contributed by atoms with van der Waals surface area (Å²) in [6.07, 6.45) is 3.06. The molecule has 0 saturated heterocycles. The summed E-state index contributed by atoms with van der Waals surface area (Å²) in [5, 5.41) is 2.12. The Kier molecular flexibility index (Phi) is 5.33. The molecule has 0 bridgehead atoms. The van der Waals surface area contributed by atoms with Crippen molar-refractivity contribution in [2.24, 2.45) is 0 Å².